The Bertz CT molecular complexity index is 287. The number of likely N-dealkylation sites (N-methyl/N-ethyl adjacent to an activating group) is 1. The van der Waals surface area contributed by atoms with Crippen molar-refractivity contribution >= 4 is 0 Å². The second-order valence-electron chi connectivity index (χ2n) is 4.29. The van der Waals surface area contributed by atoms with Crippen LogP contribution in [-0.4, -0.2) is 36.2 Å². The van der Waals surface area contributed by atoms with Gasteiger partial charge in [-0.1, -0.05) is 30.3 Å². The van der Waals surface area contributed by atoms with Gasteiger partial charge in [-0.05, 0) is 32.5 Å². The Labute approximate surface area is 97.9 Å². The van der Waals surface area contributed by atoms with Crippen LogP contribution in [0.5, 0.6) is 0 Å². The van der Waals surface area contributed by atoms with E-state index in [1.165, 1.54) is 5.56 Å². The number of hydrogen-bond donors (Lipinski definition) is 2. The summed E-state index contributed by atoms with van der Waals surface area (Å²) < 4.78 is 0. The molecule has 3 heteroatoms. The van der Waals surface area contributed by atoms with Crippen molar-refractivity contribution in [1.29, 1.82) is 0 Å². The molecule has 90 valence electrons. The summed E-state index contributed by atoms with van der Waals surface area (Å²) in [6.45, 7) is 3.13. The molecule has 0 amide bonds. The van der Waals surface area contributed by atoms with Gasteiger partial charge in [-0.2, -0.15) is 0 Å². The number of nitrogens with zero attached hydrogens (tertiary/aromatic N) is 1. The predicted molar refractivity (Wildman–Crippen MR) is 67.2 cm³/mol. The number of aliphatic hydroxyl groups is 1. The second-order valence-corrected chi connectivity index (χ2v) is 4.29. The van der Waals surface area contributed by atoms with E-state index in [9.17, 15) is 5.11 Å². The minimum atomic E-state index is -0.311. The van der Waals surface area contributed by atoms with Crippen LogP contribution in [0.3, 0.4) is 0 Å². The molecular formula is C13H22N2O. The summed E-state index contributed by atoms with van der Waals surface area (Å²) in [4.78, 5) is 2.16. The SMILES string of the molecule is CC(O)CN(C)C(CCN)c1ccccc1. The highest BCUT2D eigenvalue weighted by atomic mass is 16.3. The average Bonchev–Trinajstić information content (AvgIpc) is 2.26. The maximum absolute atomic E-state index is 9.41. The summed E-state index contributed by atoms with van der Waals surface area (Å²) in [6, 6.07) is 10.6. The van der Waals surface area contributed by atoms with E-state index < -0.39 is 0 Å². The molecule has 0 heterocycles. The van der Waals surface area contributed by atoms with Gasteiger partial charge >= 0.3 is 0 Å². The monoisotopic (exact) mass is 222 g/mol. The molecule has 0 radical (unpaired) electrons. The van der Waals surface area contributed by atoms with Gasteiger partial charge in [-0.15, -0.1) is 0 Å². The standard InChI is InChI=1S/C13H22N2O/c1-11(16)10-15(2)13(8-9-14)12-6-4-3-5-7-12/h3-7,11,13,16H,8-10,14H2,1-2H3. The molecule has 0 fully saturated rings. The van der Waals surface area contributed by atoms with Crippen LogP contribution >= 0.6 is 0 Å². The van der Waals surface area contributed by atoms with Gasteiger partial charge in [0.25, 0.3) is 0 Å². The van der Waals surface area contributed by atoms with Gasteiger partial charge in [-0.3, -0.25) is 4.90 Å². The normalized spacial score (nSPS) is 15.1. The summed E-state index contributed by atoms with van der Waals surface area (Å²) in [5.41, 5.74) is 6.91. The second kappa shape index (κ2) is 6.63. The summed E-state index contributed by atoms with van der Waals surface area (Å²) in [6.07, 6.45) is 0.599. The lowest BCUT2D eigenvalue weighted by atomic mass is 10.0. The van der Waals surface area contributed by atoms with Crippen molar-refractivity contribution in [2.45, 2.75) is 25.5 Å². The molecule has 0 aromatic heterocycles. The summed E-state index contributed by atoms with van der Waals surface area (Å²) >= 11 is 0. The zero-order chi connectivity index (χ0) is 12.0. The Morgan fingerprint density at radius 1 is 1.31 bits per heavy atom. The lowest BCUT2D eigenvalue weighted by molar-refractivity contribution is 0.114. The molecular weight excluding hydrogens is 200 g/mol. The molecule has 0 spiro atoms. The van der Waals surface area contributed by atoms with Crippen molar-refractivity contribution in [3.8, 4) is 0 Å². The first-order valence-corrected chi connectivity index (χ1v) is 5.78. The summed E-state index contributed by atoms with van der Waals surface area (Å²) in [7, 11) is 2.03. The molecule has 0 saturated carbocycles. The van der Waals surface area contributed by atoms with E-state index in [2.05, 4.69) is 17.0 Å². The fraction of sp³-hybridized carbons (Fsp3) is 0.538. The van der Waals surface area contributed by atoms with Crippen LogP contribution in [0.1, 0.15) is 24.9 Å². The fourth-order valence-corrected chi connectivity index (χ4v) is 2.02. The van der Waals surface area contributed by atoms with Crippen LogP contribution in [0.15, 0.2) is 30.3 Å². The maximum atomic E-state index is 9.41. The highest BCUT2D eigenvalue weighted by molar-refractivity contribution is 5.19. The van der Waals surface area contributed by atoms with Crippen LogP contribution in [0.25, 0.3) is 0 Å². The van der Waals surface area contributed by atoms with E-state index in [0.717, 1.165) is 6.42 Å². The van der Waals surface area contributed by atoms with Crippen molar-refractivity contribution in [1.82, 2.24) is 4.90 Å². The average molecular weight is 222 g/mol. The number of aliphatic hydroxyl groups excluding tert-OH is 1. The lowest BCUT2D eigenvalue weighted by Gasteiger charge is -2.29. The molecule has 0 saturated heterocycles. The Balaban J connectivity index is 2.74. The van der Waals surface area contributed by atoms with Crippen molar-refractivity contribution in [2.24, 2.45) is 5.73 Å². The quantitative estimate of drug-likeness (QED) is 0.764. The zero-order valence-corrected chi connectivity index (χ0v) is 10.1. The van der Waals surface area contributed by atoms with Crippen molar-refractivity contribution in [3.63, 3.8) is 0 Å². The van der Waals surface area contributed by atoms with Gasteiger partial charge in [0.15, 0.2) is 0 Å². The molecule has 1 aromatic rings. The van der Waals surface area contributed by atoms with Crippen LogP contribution in [-0.2, 0) is 0 Å². The van der Waals surface area contributed by atoms with E-state index in [4.69, 9.17) is 5.73 Å². The van der Waals surface area contributed by atoms with E-state index in [1.807, 2.05) is 25.2 Å². The molecule has 2 atom stereocenters. The van der Waals surface area contributed by atoms with E-state index in [-0.39, 0.29) is 6.10 Å². The van der Waals surface area contributed by atoms with E-state index in [1.54, 1.807) is 6.92 Å². The molecule has 3 nitrogen and oxygen atoms in total. The van der Waals surface area contributed by atoms with Crippen LogP contribution in [0.4, 0.5) is 0 Å². The Kier molecular flexibility index (Phi) is 5.46. The topological polar surface area (TPSA) is 49.5 Å². The zero-order valence-electron chi connectivity index (χ0n) is 10.1. The fourth-order valence-electron chi connectivity index (χ4n) is 2.02. The first kappa shape index (κ1) is 13.2. The van der Waals surface area contributed by atoms with E-state index >= 15 is 0 Å². The minimum Gasteiger partial charge on any atom is -0.392 e. The van der Waals surface area contributed by atoms with Gasteiger partial charge in [0.2, 0.25) is 0 Å². The minimum absolute atomic E-state index is 0.292. The van der Waals surface area contributed by atoms with Crippen LogP contribution < -0.4 is 5.73 Å². The molecule has 16 heavy (non-hydrogen) atoms. The van der Waals surface area contributed by atoms with Crippen molar-refractivity contribution < 1.29 is 5.11 Å². The Morgan fingerprint density at radius 3 is 2.44 bits per heavy atom. The van der Waals surface area contributed by atoms with Gasteiger partial charge in [0, 0.05) is 12.6 Å². The van der Waals surface area contributed by atoms with Crippen molar-refractivity contribution in [2.75, 3.05) is 20.1 Å². The third kappa shape index (κ3) is 3.93. The van der Waals surface area contributed by atoms with Gasteiger partial charge in [-0.25, -0.2) is 0 Å². The predicted octanol–water partition coefficient (Wildman–Crippen LogP) is 1.39. The number of benzene rings is 1. The largest absolute Gasteiger partial charge is 0.392 e. The Hall–Kier alpha value is -0.900. The molecule has 0 bridgehead atoms. The molecule has 2 unspecified atom stereocenters. The third-order valence-corrected chi connectivity index (χ3v) is 2.71. The van der Waals surface area contributed by atoms with Gasteiger partial charge in [0.05, 0.1) is 6.10 Å². The van der Waals surface area contributed by atoms with E-state index in [0.29, 0.717) is 19.1 Å². The molecule has 1 aromatic carbocycles. The van der Waals surface area contributed by atoms with Gasteiger partial charge in [0.1, 0.15) is 0 Å². The first-order chi connectivity index (χ1) is 7.65. The first-order valence-electron chi connectivity index (χ1n) is 5.78. The number of rotatable bonds is 6. The number of nitrogens with two attached hydrogens (primary N) is 1. The third-order valence-electron chi connectivity index (χ3n) is 2.71. The molecule has 0 aliphatic heterocycles. The lowest BCUT2D eigenvalue weighted by Crippen LogP contribution is -2.32. The molecule has 1 rings (SSSR count). The van der Waals surface area contributed by atoms with Crippen LogP contribution in [0, 0.1) is 0 Å². The maximum Gasteiger partial charge on any atom is 0.0639 e. The molecule has 0 aliphatic carbocycles. The highest BCUT2D eigenvalue weighted by Gasteiger charge is 2.16. The van der Waals surface area contributed by atoms with Crippen molar-refractivity contribution in [3.05, 3.63) is 35.9 Å². The highest BCUT2D eigenvalue weighted by Crippen LogP contribution is 2.22. The Morgan fingerprint density at radius 2 is 1.94 bits per heavy atom. The number of hydrogen-bond acceptors (Lipinski definition) is 3. The summed E-state index contributed by atoms with van der Waals surface area (Å²) in [5, 5.41) is 9.41. The smallest absolute Gasteiger partial charge is 0.0639 e. The van der Waals surface area contributed by atoms with Crippen LogP contribution in [0.2, 0.25) is 0 Å². The molecule has 3 N–H and O–H groups in total. The summed E-state index contributed by atoms with van der Waals surface area (Å²) in [5.74, 6) is 0. The molecule has 0 aliphatic rings. The van der Waals surface area contributed by atoms with Gasteiger partial charge < -0.3 is 10.8 Å².